The van der Waals surface area contributed by atoms with Gasteiger partial charge in [-0.3, -0.25) is 4.79 Å². The Morgan fingerprint density at radius 3 is 2.43 bits per heavy atom. The van der Waals surface area contributed by atoms with Gasteiger partial charge >= 0.3 is 0 Å². The summed E-state index contributed by atoms with van der Waals surface area (Å²) in [6.45, 7) is 2.21. The van der Waals surface area contributed by atoms with Crippen LogP contribution in [0.3, 0.4) is 0 Å². The number of rotatable bonds is 7. The molecular weight excluding hydrogens is 370 g/mol. The van der Waals surface area contributed by atoms with Crippen LogP contribution in [-0.4, -0.2) is 32.5 Å². The summed E-state index contributed by atoms with van der Waals surface area (Å²) in [4.78, 5) is 14.7. The summed E-state index contributed by atoms with van der Waals surface area (Å²) in [5.74, 6) is 0.697. The van der Waals surface area contributed by atoms with Crippen molar-refractivity contribution in [3.8, 4) is 17.5 Å². The summed E-state index contributed by atoms with van der Waals surface area (Å²) < 4.78 is 1.89. The molecule has 0 aliphatic rings. The van der Waals surface area contributed by atoms with E-state index >= 15 is 0 Å². The molecule has 3 aromatic rings. The molecule has 0 bridgehead atoms. The van der Waals surface area contributed by atoms with Crippen molar-refractivity contribution < 1.29 is 4.79 Å². The Labute approximate surface area is 168 Å². The lowest BCUT2D eigenvalue weighted by atomic mass is 10.2. The van der Waals surface area contributed by atoms with Gasteiger partial charge in [-0.15, -0.1) is 10.2 Å². The fourth-order valence-electron chi connectivity index (χ4n) is 2.82. The second-order valence-electron chi connectivity index (χ2n) is 6.22. The molecule has 1 heterocycles. The van der Waals surface area contributed by atoms with Gasteiger partial charge in [0.15, 0.2) is 11.0 Å². The van der Waals surface area contributed by atoms with Crippen LogP contribution in [0, 0.1) is 11.3 Å². The maximum Gasteiger partial charge on any atom is 0.240 e. The van der Waals surface area contributed by atoms with Gasteiger partial charge in [0.25, 0.3) is 0 Å². The highest BCUT2D eigenvalue weighted by Crippen LogP contribution is 2.27. The third kappa shape index (κ3) is 4.41. The van der Waals surface area contributed by atoms with E-state index in [9.17, 15) is 4.79 Å². The number of hydrogen-bond donors (Lipinski definition) is 0. The second kappa shape index (κ2) is 9.20. The fraction of sp³-hybridized carbons (Fsp3) is 0.238. The molecule has 0 fully saturated rings. The van der Waals surface area contributed by atoms with Crippen LogP contribution in [-0.2, 0) is 11.8 Å². The Hall–Kier alpha value is -3.11. The molecular formula is C21H21N5OS. The van der Waals surface area contributed by atoms with Gasteiger partial charge in [0.1, 0.15) is 0 Å². The molecule has 3 rings (SSSR count). The second-order valence-corrected chi connectivity index (χ2v) is 7.53. The number of nitrogens with zero attached hydrogens (tertiary/aromatic N) is 5. The van der Waals surface area contributed by atoms with Gasteiger partial charge in [-0.1, -0.05) is 60.3 Å². The molecule has 1 aromatic heterocycles. The minimum atomic E-state index is -0.370. The van der Waals surface area contributed by atoms with E-state index in [1.54, 1.807) is 4.90 Å². The van der Waals surface area contributed by atoms with Gasteiger partial charge in [0.05, 0.1) is 17.7 Å². The van der Waals surface area contributed by atoms with Crippen molar-refractivity contribution in [2.75, 3.05) is 11.4 Å². The maximum atomic E-state index is 13.1. The number of anilines is 1. The standard InChI is InChI=1S/C21H21N5OS/c1-16(20(27)26(15-9-14-22)18-12-7-4-8-13-18)28-21-24-23-19(25(21)2)17-10-5-3-6-11-17/h3-8,10-13,16H,9,15H2,1-2H3/t16-/m0/s1. The van der Waals surface area contributed by atoms with Crippen LogP contribution in [0.1, 0.15) is 13.3 Å². The Morgan fingerprint density at radius 2 is 1.79 bits per heavy atom. The molecule has 0 spiro atoms. The van der Waals surface area contributed by atoms with Crippen molar-refractivity contribution >= 4 is 23.4 Å². The third-order valence-electron chi connectivity index (χ3n) is 4.28. The Kier molecular flexibility index (Phi) is 6.45. The molecule has 6 nitrogen and oxygen atoms in total. The third-order valence-corrected chi connectivity index (χ3v) is 5.40. The van der Waals surface area contributed by atoms with Crippen LogP contribution in [0.4, 0.5) is 5.69 Å². The Morgan fingerprint density at radius 1 is 1.14 bits per heavy atom. The molecule has 28 heavy (non-hydrogen) atoms. The quantitative estimate of drug-likeness (QED) is 0.571. The Balaban J connectivity index is 1.78. The maximum absolute atomic E-state index is 13.1. The summed E-state index contributed by atoms with van der Waals surface area (Å²) in [6, 6.07) is 21.4. The summed E-state index contributed by atoms with van der Waals surface area (Å²) in [5, 5.41) is 17.8. The lowest BCUT2D eigenvalue weighted by molar-refractivity contribution is -0.117. The molecule has 0 aliphatic carbocycles. The van der Waals surface area contributed by atoms with Crippen LogP contribution in [0.15, 0.2) is 65.8 Å². The number of carbonyl (C=O) groups is 1. The Bertz CT molecular complexity index is 965. The lowest BCUT2D eigenvalue weighted by Gasteiger charge is -2.24. The molecule has 1 atom stereocenters. The number of amides is 1. The monoisotopic (exact) mass is 391 g/mol. The average molecular weight is 392 g/mol. The predicted molar refractivity (Wildman–Crippen MR) is 111 cm³/mol. The van der Waals surface area contributed by atoms with Crippen molar-refractivity contribution in [1.82, 2.24) is 14.8 Å². The van der Waals surface area contributed by atoms with E-state index in [1.807, 2.05) is 79.2 Å². The zero-order valence-corrected chi connectivity index (χ0v) is 16.6. The van der Waals surface area contributed by atoms with E-state index in [2.05, 4.69) is 16.3 Å². The first-order chi connectivity index (χ1) is 13.6. The van der Waals surface area contributed by atoms with Gasteiger partial charge in [0.2, 0.25) is 5.91 Å². The molecule has 2 aromatic carbocycles. The number of thioether (sulfide) groups is 1. The summed E-state index contributed by atoms with van der Waals surface area (Å²) in [6.07, 6.45) is 0.278. The van der Waals surface area contributed by atoms with E-state index < -0.39 is 0 Å². The van der Waals surface area contributed by atoms with Crippen molar-refractivity contribution in [2.45, 2.75) is 23.8 Å². The lowest BCUT2D eigenvalue weighted by Crippen LogP contribution is -2.37. The first-order valence-electron chi connectivity index (χ1n) is 8.96. The molecule has 0 saturated carbocycles. The van der Waals surface area contributed by atoms with Crippen LogP contribution in [0.25, 0.3) is 11.4 Å². The SMILES string of the molecule is C[C@H](Sc1nnc(-c2ccccc2)n1C)C(=O)N(CCC#N)c1ccccc1. The fourth-order valence-corrected chi connectivity index (χ4v) is 3.70. The van der Waals surface area contributed by atoms with Gasteiger partial charge in [-0.25, -0.2) is 0 Å². The van der Waals surface area contributed by atoms with E-state index in [-0.39, 0.29) is 17.6 Å². The first kappa shape index (κ1) is 19.6. The number of benzene rings is 2. The summed E-state index contributed by atoms with van der Waals surface area (Å²) >= 11 is 1.37. The van der Waals surface area contributed by atoms with Crippen LogP contribution in [0.5, 0.6) is 0 Å². The smallest absolute Gasteiger partial charge is 0.240 e. The highest BCUT2D eigenvalue weighted by Gasteiger charge is 2.25. The summed E-state index contributed by atoms with van der Waals surface area (Å²) in [7, 11) is 1.90. The number of nitriles is 1. The van der Waals surface area contributed by atoms with Gasteiger partial charge in [-0.05, 0) is 19.1 Å². The number of hydrogen-bond acceptors (Lipinski definition) is 5. The minimum absolute atomic E-state index is 0.0595. The molecule has 1 amide bonds. The molecule has 0 N–H and O–H groups in total. The normalized spacial score (nSPS) is 11.6. The molecule has 0 radical (unpaired) electrons. The summed E-state index contributed by atoms with van der Waals surface area (Å²) in [5.41, 5.74) is 1.77. The zero-order chi connectivity index (χ0) is 19.9. The molecule has 0 unspecified atom stereocenters. The van der Waals surface area contributed by atoms with Crippen molar-refractivity contribution in [1.29, 1.82) is 5.26 Å². The van der Waals surface area contributed by atoms with Crippen molar-refractivity contribution in [3.05, 3.63) is 60.7 Å². The zero-order valence-electron chi connectivity index (χ0n) is 15.8. The largest absolute Gasteiger partial charge is 0.310 e. The number of para-hydroxylation sites is 1. The molecule has 0 aliphatic heterocycles. The predicted octanol–water partition coefficient (Wildman–Crippen LogP) is 3.91. The van der Waals surface area contributed by atoms with Crippen LogP contribution >= 0.6 is 11.8 Å². The molecule has 142 valence electrons. The van der Waals surface area contributed by atoms with E-state index in [0.29, 0.717) is 11.7 Å². The molecule has 7 heteroatoms. The van der Waals surface area contributed by atoms with Gasteiger partial charge < -0.3 is 9.47 Å². The topological polar surface area (TPSA) is 74.8 Å². The van der Waals surface area contributed by atoms with E-state index in [0.717, 1.165) is 17.1 Å². The van der Waals surface area contributed by atoms with Crippen LogP contribution in [0.2, 0.25) is 0 Å². The van der Waals surface area contributed by atoms with Crippen molar-refractivity contribution in [3.63, 3.8) is 0 Å². The van der Waals surface area contributed by atoms with E-state index in [1.165, 1.54) is 11.8 Å². The van der Waals surface area contributed by atoms with Gasteiger partial charge in [0, 0.05) is 24.8 Å². The van der Waals surface area contributed by atoms with Gasteiger partial charge in [-0.2, -0.15) is 5.26 Å². The highest BCUT2D eigenvalue weighted by atomic mass is 32.2. The average Bonchev–Trinajstić information content (AvgIpc) is 3.09. The molecule has 0 saturated heterocycles. The number of carbonyl (C=O) groups excluding carboxylic acids is 1. The first-order valence-corrected chi connectivity index (χ1v) is 9.84. The van der Waals surface area contributed by atoms with E-state index in [4.69, 9.17) is 5.26 Å². The van der Waals surface area contributed by atoms with Crippen molar-refractivity contribution in [2.24, 2.45) is 7.05 Å². The van der Waals surface area contributed by atoms with Crippen LogP contribution < -0.4 is 4.90 Å². The highest BCUT2D eigenvalue weighted by molar-refractivity contribution is 8.00. The number of aromatic nitrogens is 3. The minimum Gasteiger partial charge on any atom is -0.310 e.